The highest BCUT2D eigenvalue weighted by Crippen LogP contribution is 2.33. The monoisotopic (exact) mass is 345 g/mol. The number of fused-ring (bicyclic) bond motifs is 1. The van der Waals surface area contributed by atoms with Gasteiger partial charge in [-0.3, -0.25) is 4.79 Å². The molecule has 26 heavy (non-hydrogen) atoms. The van der Waals surface area contributed by atoms with Gasteiger partial charge in [0.25, 0.3) is 0 Å². The van der Waals surface area contributed by atoms with Crippen LogP contribution in [0.3, 0.4) is 0 Å². The Morgan fingerprint density at radius 1 is 1.23 bits per heavy atom. The van der Waals surface area contributed by atoms with E-state index < -0.39 is 0 Å². The molecule has 4 rings (SSSR count). The van der Waals surface area contributed by atoms with E-state index in [0.29, 0.717) is 11.1 Å². The first-order valence-corrected chi connectivity index (χ1v) is 8.81. The highest BCUT2D eigenvalue weighted by molar-refractivity contribution is 6.00. The number of ketones is 1. The molecule has 0 saturated carbocycles. The molecule has 1 aliphatic rings. The maximum absolute atomic E-state index is 12.0. The van der Waals surface area contributed by atoms with Crippen LogP contribution >= 0.6 is 0 Å². The lowest BCUT2D eigenvalue weighted by atomic mass is 9.95. The molecule has 0 aliphatic carbocycles. The van der Waals surface area contributed by atoms with Gasteiger partial charge < -0.3 is 9.32 Å². The van der Waals surface area contributed by atoms with Crippen molar-refractivity contribution in [2.75, 3.05) is 18.0 Å². The third kappa shape index (κ3) is 2.95. The molecule has 0 atom stereocenters. The largest absolute Gasteiger partial charge is 0.440 e. The number of benzene rings is 2. The Bertz CT molecular complexity index is 975. The van der Waals surface area contributed by atoms with Gasteiger partial charge in [-0.05, 0) is 50.1 Å². The average Bonchev–Trinajstić information content (AvgIpc) is 3.11. The van der Waals surface area contributed by atoms with Gasteiger partial charge in [-0.25, -0.2) is 4.98 Å². The number of piperidine rings is 1. The first-order chi connectivity index (χ1) is 12.7. The second-order valence-electron chi connectivity index (χ2n) is 6.68. The second kappa shape index (κ2) is 6.64. The van der Waals surface area contributed by atoms with E-state index in [-0.39, 0.29) is 11.7 Å². The molecule has 1 aromatic heterocycles. The zero-order valence-corrected chi connectivity index (χ0v) is 14.6. The normalized spacial score (nSPS) is 15.2. The third-order valence-electron chi connectivity index (χ3n) is 5.00. The van der Waals surface area contributed by atoms with Gasteiger partial charge in [0.1, 0.15) is 5.52 Å². The molecule has 1 saturated heterocycles. The Labute approximate surface area is 151 Å². The molecule has 1 aliphatic heterocycles. The predicted octanol–water partition coefficient (Wildman–Crippen LogP) is 4.29. The summed E-state index contributed by atoms with van der Waals surface area (Å²) in [5.74, 6) is 1.09. The van der Waals surface area contributed by atoms with E-state index in [1.165, 1.54) is 0 Å². The number of carbonyl (C=O) groups excluding carboxylic acids is 1. The van der Waals surface area contributed by atoms with Crippen LogP contribution < -0.4 is 4.90 Å². The lowest BCUT2D eigenvalue weighted by molar-refractivity contribution is 0.101. The fourth-order valence-electron chi connectivity index (χ4n) is 3.59. The minimum Gasteiger partial charge on any atom is -0.440 e. The van der Waals surface area contributed by atoms with Crippen LogP contribution in [-0.2, 0) is 0 Å². The first kappa shape index (κ1) is 16.3. The van der Waals surface area contributed by atoms with Gasteiger partial charge in [0.15, 0.2) is 17.3 Å². The van der Waals surface area contributed by atoms with Crippen LogP contribution in [0, 0.1) is 11.3 Å². The van der Waals surface area contributed by atoms with Crippen LogP contribution in [0.4, 0.5) is 5.69 Å². The molecule has 130 valence electrons. The van der Waals surface area contributed by atoms with Crippen molar-refractivity contribution >= 4 is 22.6 Å². The molecule has 2 aromatic carbocycles. The van der Waals surface area contributed by atoms with E-state index >= 15 is 0 Å². The summed E-state index contributed by atoms with van der Waals surface area (Å²) in [6, 6.07) is 15.2. The molecular formula is C21H19N3O2. The predicted molar refractivity (Wildman–Crippen MR) is 99.4 cm³/mol. The SMILES string of the molecule is CC(=O)c1ccc(C#N)cc1N1CCC(c2nc3ccccc3o2)CC1. The van der Waals surface area contributed by atoms with Crippen LogP contribution in [0.5, 0.6) is 0 Å². The number of hydrogen-bond acceptors (Lipinski definition) is 5. The van der Waals surface area contributed by atoms with Crippen molar-refractivity contribution in [2.45, 2.75) is 25.7 Å². The Kier molecular flexibility index (Phi) is 4.18. The van der Waals surface area contributed by atoms with Crippen molar-refractivity contribution < 1.29 is 9.21 Å². The van der Waals surface area contributed by atoms with Crippen LogP contribution in [0.15, 0.2) is 46.9 Å². The highest BCUT2D eigenvalue weighted by atomic mass is 16.3. The van der Waals surface area contributed by atoms with Crippen molar-refractivity contribution in [3.8, 4) is 6.07 Å². The van der Waals surface area contributed by atoms with Gasteiger partial charge >= 0.3 is 0 Å². The van der Waals surface area contributed by atoms with Crippen molar-refractivity contribution in [1.29, 1.82) is 5.26 Å². The molecule has 0 N–H and O–H groups in total. The van der Waals surface area contributed by atoms with Gasteiger partial charge in [0, 0.05) is 30.3 Å². The summed E-state index contributed by atoms with van der Waals surface area (Å²) in [6.07, 6.45) is 1.81. The molecular weight excluding hydrogens is 326 g/mol. The number of carbonyl (C=O) groups is 1. The molecule has 5 nitrogen and oxygen atoms in total. The van der Waals surface area contributed by atoms with Gasteiger partial charge in [0.05, 0.1) is 11.6 Å². The zero-order chi connectivity index (χ0) is 18.1. The fourth-order valence-corrected chi connectivity index (χ4v) is 3.59. The summed E-state index contributed by atoms with van der Waals surface area (Å²) < 4.78 is 5.92. The van der Waals surface area contributed by atoms with Crippen molar-refractivity contribution in [1.82, 2.24) is 4.98 Å². The summed E-state index contributed by atoms with van der Waals surface area (Å²) in [6.45, 7) is 3.17. The molecule has 0 amide bonds. The van der Waals surface area contributed by atoms with Gasteiger partial charge in [0.2, 0.25) is 0 Å². The number of aromatic nitrogens is 1. The first-order valence-electron chi connectivity index (χ1n) is 8.81. The number of rotatable bonds is 3. The minimum atomic E-state index is 0.0190. The smallest absolute Gasteiger partial charge is 0.198 e. The number of Topliss-reactive ketones (excluding diaryl/α,β-unsaturated/α-hetero) is 1. The van der Waals surface area contributed by atoms with Gasteiger partial charge in [-0.1, -0.05) is 12.1 Å². The van der Waals surface area contributed by atoms with Crippen LogP contribution in [0.1, 0.15) is 47.5 Å². The number of para-hydroxylation sites is 2. The topological polar surface area (TPSA) is 70.1 Å². The van der Waals surface area contributed by atoms with Gasteiger partial charge in [-0.2, -0.15) is 5.26 Å². The number of hydrogen-bond donors (Lipinski definition) is 0. The van der Waals surface area contributed by atoms with E-state index in [4.69, 9.17) is 4.42 Å². The third-order valence-corrected chi connectivity index (χ3v) is 5.00. The molecule has 0 bridgehead atoms. The summed E-state index contributed by atoms with van der Waals surface area (Å²) in [5, 5.41) is 9.18. The molecule has 5 heteroatoms. The zero-order valence-electron chi connectivity index (χ0n) is 14.6. The molecule has 0 spiro atoms. The van der Waals surface area contributed by atoms with Crippen LogP contribution in [0.25, 0.3) is 11.1 Å². The molecule has 1 fully saturated rings. The van der Waals surface area contributed by atoms with Crippen molar-refractivity contribution in [3.63, 3.8) is 0 Å². The van der Waals surface area contributed by atoms with E-state index in [9.17, 15) is 10.1 Å². The lowest BCUT2D eigenvalue weighted by Crippen LogP contribution is -2.34. The minimum absolute atomic E-state index is 0.0190. The molecule has 0 unspecified atom stereocenters. The number of oxazole rings is 1. The summed E-state index contributed by atoms with van der Waals surface area (Å²) in [7, 11) is 0. The molecule has 2 heterocycles. The van der Waals surface area contributed by atoms with E-state index in [1.54, 1.807) is 19.1 Å². The van der Waals surface area contributed by atoms with Crippen molar-refractivity contribution in [3.05, 3.63) is 59.5 Å². The number of nitriles is 1. The Hall–Kier alpha value is -3.13. The standard InChI is InChI=1S/C21H19N3O2/c1-14(25)17-7-6-15(13-22)12-19(17)24-10-8-16(9-11-24)21-23-18-4-2-3-5-20(18)26-21/h2-7,12,16H,8-11H2,1H3. The maximum Gasteiger partial charge on any atom is 0.198 e. The average molecular weight is 345 g/mol. The van der Waals surface area contributed by atoms with Crippen molar-refractivity contribution in [2.24, 2.45) is 0 Å². The van der Waals surface area contributed by atoms with Crippen LogP contribution in [0.2, 0.25) is 0 Å². The number of anilines is 1. The maximum atomic E-state index is 12.0. The Balaban J connectivity index is 1.55. The van der Waals surface area contributed by atoms with Gasteiger partial charge in [-0.15, -0.1) is 0 Å². The molecule has 0 radical (unpaired) electrons. The lowest BCUT2D eigenvalue weighted by Gasteiger charge is -2.33. The van der Waals surface area contributed by atoms with E-state index in [0.717, 1.165) is 48.6 Å². The highest BCUT2D eigenvalue weighted by Gasteiger charge is 2.26. The Morgan fingerprint density at radius 2 is 2.00 bits per heavy atom. The Morgan fingerprint density at radius 3 is 2.69 bits per heavy atom. The summed E-state index contributed by atoms with van der Waals surface area (Å²) in [4.78, 5) is 18.8. The van der Waals surface area contributed by atoms with E-state index in [1.807, 2.05) is 30.3 Å². The molecule has 3 aromatic rings. The van der Waals surface area contributed by atoms with Crippen LogP contribution in [-0.4, -0.2) is 23.9 Å². The summed E-state index contributed by atoms with van der Waals surface area (Å²) >= 11 is 0. The quantitative estimate of drug-likeness (QED) is 0.662. The summed E-state index contributed by atoms with van der Waals surface area (Å²) in [5.41, 5.74) is 3.82. The number of nitrogens with zero attached hydrogens (tertiary/aromatic N) is 3. The second-order valence-corrected chi connectivity index (χ2v) is 6.68. The van der Waals surface area contributed by atoms with E-state index in [2.05, 4.69) is 16.0 Å². The fraction of sp³-hybridized carbons (Fsp3) is 0.286.